The Morgan fingerprint density at radius 1 is 1.16 bits per heavy atom. The number of anilines is 1. The lowest BCUT2D eigenvalue weighted by Gasteiger charge is -2.14. The number of rotatable bonds is 9. The molecule has 0 bridgehead atoms. The Hall–Kier alpha value is -3.86. The van der Waals surface area contributed by atoms with Gasteiger partial charge in [0.1, 0.15) is 22.6 Å². The normalized spacial score (nSPS) is 11.3. The molecule has 2 amide bonds. The topological polar surface area (TPSA) is 132 Å². The average molecular weight is 458 g/mol. The van der Waals surface area contributed by atoms with Crippen LogP contribution in [0.5, 0.6) is 17.4 Å². The number of carbonyl (C=O) groups excluding carboxylic acids is 1. The number of benzene rings is 1. The van der Waals surface area contributed by atoms with Gasteiger partial charge in [0, 0.05) is 18.0 Å². The molecule has 11 heteroatoms. The average Bonchev–Trinajstić information content (AvgIpc) is 3.19. The summed E-state index contributed by atoms with van der Waals surface area (Å²) in [5.74, 6) is -0.253. The van der Waals surface area contributed by atoms with Crippen molar-refractivity contribution in [1.82, 2.24) is 14.7 Å². The molecule has 1 unspecified atom stereocenters. The molecule has 32 heavy (non-hydrogen) atoms. The van der Waals surface area contributed by atoms with Crippen LogP contribution in [-0.4, -0.2) is 40.7 Å². The standard InChI is InChI=1S/C21H22N4O6S/c1-12(13-6-5-9-22-10-13)31-18-17(20(26)27)19(32-25-18)24-21(28)23-11-14-15(29-2)7-4-8-16(14)30-3/h4-10,12H,11H2,1-3H3,(H,26,27)(H2,23,24,28). The van der Waals surface area contributed by atoms with Crippen molar-refractivity contribution in [3.63, 3.8) is 0 Å². The third-order valence-corrected chi connectivity index (χ3v) is 5.25. The van der Waals surface area contributed by atoms with Crippen LogP contribution in [0.2, 0.25) is 0 Å². The number of ether oxygens (including phenoxy) is 3. The minimum Gasteiger partial charge on any atom is -0.496 e. The highest BCUT2D eigenvalue weighted by molar-refractivity contribution is 7.11. The molecule has 10 nitrogen and oxygen atoms in total. The monoisotopic (exact) mass is 458 g/mol. The number of hydrogen-bond donors (Lipinski definition) is 3. The molecule has 3 aromatic rings. The molecule has 2 heterocycles. The number of nitrogens with one attached hydrogen (secondary N) is 2. The van der Waals surface area contributed by atoms with E-state index in [9.17, 15) is 14.7 Å². The van der Waals surface area contributed by atoms with E-state index >= 15 is 0 Å². The highest BCUT2D eigenvalue weighted by atomic mass is 32.1. The summed E-state index contributed by atoms with van der Waals surface area (Å²) in [7, 11) is 3.03. The summed E-state index contributed by atoms with van der Waals surface area (Å²) in [4.78, 5) is 28.3. The van der Waals surface area contributed by atoms with E-state index in [1.807, 2.05) is 6.07 Å². The smallest absolute Gasteiger partial charge is 0.344 e. The van der Waals surface area contributed by atoms with Gasteiger partial charge in [0.2, 0.25) is 5.88 Å². The molecule has 0 aliphatic carbocycles. The number of aromatic carboxylic acids is 1. The Balaban J connectivity index is 1.71. The van der Waals surface area contributed by atoms with Crippen LogP contribution >= 0.6 is 11.5 Å². The first-order valence-electron chi connectivity index (χ1n) is 9.48. The zero-order chi connectivity index (χ0) is 23.1. The Labute approximate surface area is 188 Å². The molecule has 0 spiro atoms. The molecular weight excluding hydrogens is 436 g/mol. The molecule has 1 atom stereocenters. The van der Waals surface area contributed by atoms with Gasteiger partial charge in [-0.3, -0.25) is 10.3 Å². The molecule has 0 aliphatic heterocycles. The number of hydrogen-bond acceptors (Lipinski definition) is 8. The van der Waals surface area contributed by atoms with E-state index < -0.39 is 18.1 Å². The van der Waals surface area contributed by atoms with Crippen LogP contribution in [0.15, 0.2) is 42.7 Å². The lowest BCUT2D eigenvalue weighted by Crippen LogP contribution is -2.28. The first-order valence-corrected chi connectivity index (χ1v) is 10.3. The van der Waals surface area contributed by atoms with Gasteiger partial charge in [0.15, 0.2) is 5.56 Å². The van der Waals surface area contributed by atoms with Crippen molar-refractivity contribution in [2.24, 2.45) is 0 Å². The summed E-state index contributed by atoms with van der Waals surface area (Å²) in [6.45, 7) is 1.85. The van der Waals surface area contributed by atoms with E-state index in [0.717, 1.165) is 17.1 Å². The maximum atomic E-state index is 12.4. The van der Waals surface area contributed by atoms with Crippen molar-refractivity contribution < 1.29 is 28.9 Å². The fourth-order valence-corrected chi connectivity index (χ4v) is 3.61. The summed E-state index contributed by atoms with van der Waals surface area (Å²) in [6, 6.07) is 8.21. The van der Waals surface area contributed by atoms with Gasteiger partial charge in [-0.25, -0.2) is 9.59 Å². The van der Waals surface area contributed by atoms with Crippen LogP contribution in [0.4, 0.5) is 9.80 Å². The molecule has 168 valence electrons. The summed E-state index contributed by atoms with van der Waals surface area (Å²) < 4.78 is 20.4. The molecule has 0 saturated heterocycles. The number of carbonyl (C=O) groups is 2. The maximum Gasteiger partial charge on any atom is 0.344 e. The van der Waals surface area contributed by atoms with E-state index in [2.05, 4.69) is 20.0 Å². The number of pyridine rings is 1. The quantitative estimate of drug-likeness (QED) is 0.442. The summed E-state index contributed by atoms with van der Waals surface area (Å²) in [5.41, 5.74) is 1.18. The lowest BCUT2D eigenvalue weighted by molar-refractivity contribution is 0.0690. The van der Waals surface area contributed by atoms with E-state index in [1.54, 1.807) is 43.6 Å². The lowest BCUT2D eigenvalue weighted by atomic mass is 10.1. The van der Waals surface area contributed by atoms with Gasteiger partial charge >= 0.3 is 12.0 Å². The van der Waals surface area contributed by atoms with Crippen LogP contribution in [0.25, 0.3) is 0 Å². The predicted octanol–water partition coefficient (Wildman–Crippen LogP) is 3.72. The molecular formula is C21H22N4O6S. The molecule has 3 N–H and O–H groups in total. The van der Waals surface area contributed by atoms with Gasteiger partial charge in [-0.1, -0.05) is 12.1 Å². The summed E-state index contributed by atoms with van der Waals surface area (Å²) in [6.07, 6.45) is 2.77. The number of amides is 2. The Morgan fingerprint density at radius 2 is 1.88 bits per heavy atom. The summed E-state index contributed by atoms with van der Waals surface area (Å²) >= 11 is 0.814. The minimum absolute atomic E-state index is 0.0513. The van der Waals surface area contributed by atoms with Gasteiger partial charge in [0.25, 0.3) is 0 Å². The van der Waals surface area contributed by atoms with Crippen LogP contribution in [0.1, 0.15) is 34.5 Å². The van der Waals surface area contributed by atoms with E-state index in [1.165, 1.54) is 14.2 Å². The second-order valence-electron chi connectivity index (χ2n) is 6.49. The zero-order valence-corrected chi connectivity index (χ0v) is 18.4. The Kier molecular flexibility index (Phi) is 7.45. The summed E-state index contributed by atoms with van der Waals surface area (Å²) in [5, 5.41) is 14.9. The Bertz CT molecular complexity index is 1070. The van der Waals surface area contributed by atoms with Crippen molar-refractivity contribution in [3.05, 3.63) is 59.4 Å². The van der Waals surface area contributed by atoms with E-state index in [-0.39, 0.29) is 23.0 Å². The molecule has 1 aromatic carbocycles. The van der Waals surface area contributed by atoms with Crippen LogP contribution < -0.4 is 24.8 Å². The highest BCUT2D eigenvalue weighted by Gasteiger charge is 2.25. The van der Waals surface area contributed by atoms with Crippen LogP contribution in [0, 0.1) is 0 Å². The second-order valence-corrected chi connectivity index (χ2v) is 7.27. The van der Waals surface area contributed by atoms with Gasteiger partial charge < -0.3 is 24.6 Å². The van der Waals surface area contributed by atoms with Crippen molar-refractivity contribution in [3.8, 4) is 17.4 Å². The van der Waals surface area contributed by atoms with Crippen LogP contribution in [-0.2, 0) is 6.54 Å². The van der Waals surface area contributed by atoms with Gasteiger partial charge in [-0.05, 0) is 36.7 Å². The number of methoxy groups -OCH3 is 2. The molecule has 2 aromatic heterocycles. The Morgan fingerprint density at radius 3 is 2.47 bits per heavy atom. The number of carboxylic acid groups (broad SMARTS) is 1. The third kappa shape index (κ3) is 5.24. The van der Waals surface area contributed by atoms with E-state index in [0.29, 0.717) is 17.1 Å². The van der Waals surface area contributed by atoms with Gasteiger partial charge in [-0.15, -0.1) is 0 Å². The molecule has 0 saturated carbocycles. The molecule has 0 fully saturated rings. The third-order valence-electron chi connectivity index (χ3n) is 4.50. The first kappa shape index (κ1) is 22.8. The fourth-order valence-electron chi connectivity index (χ4n) is 2.90. The van der Waals surface area contributed by atoms with Crippen molar-refractivity contribution >= 4 is 28.5 Å². The minimum atomic E-state index is -1.27. The molecule has 0 radical (unpaired) electrons. The second kappa shape index (κ2) is 10.4. The highest BCUT2D eigenvalue weighted by Crippen LogP contribution is 2.33. The van der Waals surface area contributed by atoms with Crippen molar-refractivity contribution in [2.45, 2.75) is 19.6 Å². The fraction of sp³-hybridized carbons (Fsp3) is 0.238. The van der Waals surface area contributed by atoms with Crippen molar-refractivity contribution in [2.75, 3.05) is 19.5 Å². The molecule has 3 rings (SSSR count). The van der Waals surface area contributed by atoms with Gasteiger partial charge in [0.05, 0.1) is 26.3 Å². The number of nitrogens with zero attached hydrogens (tertiary/aromatic N) is 2. The SMILES string of the molecule is COc1cccc(OC)c1CNC(=O)Nc1snc(OC(C)c2cccnc2)c1C(=O)O. The van der Waals surface area contributed by atoms with Crippen LogP contribution in [0.3, 0.4) is 0 Å². The van der Waals surface area contributed by atoms with Crippen molar-refractivity contribution in [1.29, 1.82) is 0 Å². The number of urea groups is 1. The predicted molar refractivity (Wildman–Crippen MR) is 118 cm³/mol. The maximum absolute atomic E-state index is 12.4. The largest absolute Gasteiger partial charge is 0.496 e. The first-order chi connectivity index (χ1) is 15.4. The van der Waals surface area contributed by atoms with E-state index in [4.69, 9.17) is 14.2 Å². The number of carboxylic acids is 1. The van der Waals surface area contributed by atoms with Gasteiger partial charge in [-0.2, -0.15) is 4.37 Å². The number of aromatic nitrogens is 2. The zero-order valence-electron chi connectivity index (χ0n) is 17.6. The molecule has 0 aliphatic rings.